The maximum absolute atomic E-state index is 13.5. The maximum Gasteiger partial charge on any atom is 0.328 e. The van der Waals surface area contributed by atoms with E-state index in [9.17, 15) is 34.5 Å². The molecule has 0 aromatic carbocycles. The molecule has 0 spiro atoms. The summed E-state index contributed by atoms with van der Waals surface area (Å²) in [5.41, 5.74) is -3.10. The molecule has 0 aromatic heterocycles. The molecule has 1 aliphatic carbocycles. The lowest BCUT2D eigenvalue weighted by molar-refractivity contribution is -0.195. The molecule has 0 saturated heterocycles. The van der Waals surface area contributed by atoms with Gasteiger partial charge in [0.05, 0.1) is 25.9 Å². The van der Waals surface area contributed by atoms with E-state index in [4.69, 9.17) is 9.84 Å². The minimum absolute atomic E-state index is 0.167. The molecule has 1 rings (SSSR count). The van der Waals surface area contributed by atoms with Gasteiger partial charge in [-0.25, -0.2) is 4.79 Å². The monoisotopic (exact) mass is 496 g/mol. The van der Waals surface area contributed by atoms with E-state index in [1.807, 2.05) is 13.8 Å². The van der Waals surface area contributed by atoms with Gasteiger partial charge in [-0.1, -0.05) is 46.1 Å². The van der Waals surface area contributed by atoms with E-state index in [1.165, 1.54) is 13.8 Å². The highest BCUT2D eigenvalue weighted by molar-refractivity contribution is 5.99. The number of esters is 1. The van der Waals surface area contributed by atoms with Crippen LogP contribution in [0.3, 0.4) is 0 Å². The molecule has 0 unspecified atom stereocenters. The second-order valence-corrected chi connectivity index (χ2v) is 10.2. The molecule has 0 radical (unpaired) electrons. The number of aliphatic carboxylic acids is 1. The van der Waals surface area contributed by atoms with Crippen LogP contribution in [0.1, 0.15) is 60.8 Å². The molecule has 4 N–H and O–H groups in total. The fourth-order valence-corrected chi connectivity index (χ4v) is 6.29. The lowest BCUT2D eigenvalue weighted by Gasteiger charge is -2.57. The van der Waals surface area contributed by atoms with E-state index in [1.54, 1.807) is 13.8 Å². The third-order valence-electron chi connectivity index (χ3n) is 7.39. The maximum atomic E-state index is 13.5. The summed E-state index contributed by atoms with van der Waals surface area (Å²) in [6, 6.07) is 0. The fourth-order valence-electron chi connectivity index (χ4n) is 6.29. The van der Waals surface area contributed by atoms with Gasteiger partial charge < -0.3 is 25.2 Å². The van der Waals surface area contributed by atoms with Crippen molar-refractivity contribution >= 4 is 23.5 Å². The first-order valence-corrected chi connectivity index (χ1v) is 12.0. The smallest absolute Gasteiger partial charge is 0.328 e. The Hall–Kier alpha value is -2.52. The van der Waals surface area contributed by atoms with Crippen molar-refractivity contribution in [1.82, 2.24) is 0 Å². The van der Waals surface area contributed by atoms with Crippen LogP contribution in [0.2, 0.25) is 0 Å². The van der Waals surface area contributed by atoms with Crippen LogP contribution in [0.25, 0.3) is 0 Å². The number of carboxylic acid groups (broad SMARTS) is 1. The Balaban J connectivity index is 3.47. The lowest BCUT2D eigenvalue weighted by atomic mass is 9.45. The fraction of sp³-hybridized carbons (Fsp3) is 0.692. The van der Waals surface area contributed by atoms with Crippen molar-refractivity contribution in [3.05, 3.63) is 24.0 Å². The topological polar surface area (TPSA) is 158 Å². The zero-order valence-electron chi connectivity index (χ0n) is 21.5. The highest BCUT2D eigenvalue weighted by Gasteiger charge is 2.65. The number of allylic oxidation sites excluding steroid dienone is 1. The van der Waals surface area contributed by atoms with E-state index in [0.717, 1.165) is 18.6 Å². The first-order valence-electron chi connectivity index (χ1n) is 12.0. The summed E-state index contributed by atoms with van der Waals surface area (Å²) >= 11 is 0. The largest absolute Gasteiger partial charge is 0.515 e. The summed E-state index contributed by atoms with van der Waals surface area (Å²) in [6.45, 7) is 9.20. The summed E-state index contributed by atoms with van der Waals surface area (Å²) in [5.74, 6) is -6.38. The minimum Gasteiger partial charge on any atom is -0.515 e. The van der Waals surface area contributed by atoms with Gasteiger partial charge in [0.25, 0.3) is 0 Å². The van der Waals surface area contributed by atoms with Crippen LogP contribution in [-0.4, -0.2) is 62.7 Å². The first kappa shape index (κ1) is 30.5. The third-order valence-corrected chi connectivity index (χ3v) is 7.39. The van der Waals surface area contributed by atoms with Gasteiger partial charge >= 0.3 is 11.9 Å². The molecule has 1 aliphatic rings. The van der Waals surface area contributed by atoms with Gasteiger partial charge in [0, 0.05) is 29.4 Å². The summed E-state index contributed by atoms with van der Waals surface area (Å²) < 4.78 is 5.34. The zero-order valence-corrected chi connectivity index (χ0v) is 21.5. The Morgan fingerprint density at radius 2 is 1.77 bits per heavy atom. The highest BCUT2D eigenvalue weighted by Crippen LogP contribution is 2.57. The quantitative estimate of drug-likeness (QED) is 0.181. The van der Waals surface area contributed by atoms with Crippen LogP contribution in [0, 0.1) is 35.0 Å². The molecule has 0 amide bonds. The normalized spacial score (nSPS) is 31.3. The van der Waals surface area contributed by atoms with Gasteiger partial charge in [-0.15, -0.1) is 0 Å². The van der Waals surface area contributed by atoms with Crippen molar-refractivity contribution in [2.75, 3.05) is 13.2 Å². The SMILES string of the molecule is CCC[C@@H](C)[C@H]1[C@H](CO)C(=O)[C@@](C)(O)[C@H]([C@@H](C)COC(=O)C/C(C)=C/C(=O)O)[C@]1(C)C(=O)/C=C\O. The van der Waals surface area contributed by atoms with Crippen molar-refractivity contribution < 1.29 is 44.3 Å². The summed E-state index contributed by atoms with van der Waals surface area (Å²) in [4.78, 5) is 49.9. The number of hydrogen-bond acceptors (Lipinski definition) is 8. The van der Waals surface area contributed by atoms with Crippen molar-refractivity contribution in [3.63, 3.8) is 0 Å². The van der Waals surface area contributed by atoms with E-state index >= 15 is 0 Å². The van der Waals surface area contributed by atoms with Crippen LogP contribution in [-0.2, 0) is 23.9 Å². The van der Waals surface area contributed by atoms with Gasteiger partial charge in [-0.2, -0.15) is 0 Å². The predicted molar refractivity (Wildman–Crippen MR) is 128 cm³/mol. The second-order valence-electron chi connectivity index (χ2n) is 10.2. The molecule has 9 heteroatoms. The summed E-state index contributed by atoms with van der Waals surface area (Å²) in [7, 11) is 0. The van der Waals surface area contributed by atoms with E-state index in [0.29, 0.717) is 18.3 Å². The molecule has 1 saturated carbocycles. The average Bonchev–Trinajstić information content (AvgIpc) is 2.74. The Kier molecular flexibility index (Phi) is 10.8. The Bertz CT molecular complexity index is 857. The Labute approximate surface area is 206 Å². The van der Waals surface area contributed by atoms with Crippen molar-refractivity contribution in [2.45, 2.75) is 66.4 Å². The molecular weight excluding hydrogens is 456 g/mol. The first-order chi connectivity index (χ1) is 16.2. The molecule has 1 fully saturated rings. The number of hydrogen-bond donors (Lipinski definition) is 4. The number of Topliss-reactive ketones (excluding diaryl/α,β-unsaturated/α-hetero) is 1. The standard InChI is InChI=1S/C26H40O9/c1-7-8-16(3)22-18(13-28)24(33)26(6,34)23(25(22,5)19(29)9-10-27)17(4)14-35-21(32)12-15(2)11-20(30)31/h9-11,16-18,22-23,27-28,34H,7-8,12-14H2,1-6H3,(H,30,31)/b10-9-,15-11+/t16-,17+,18+,22+,23-,25-,26+/m1/s1. The number of carbonyl (C=O) groups is 4. The molecule has 7 atom stereocenters. The van der Waals surface area contributed by atoms with Crippen LogP contribution in [0.4, 0.5) is 0 Å². The minimum atomic E-state index is -2.02. The second kappa shape index (κ2) is 12.4. The van der Waals surface area contributed by atoms with E-state index in [-0.39, 0.29) is 18.9 Å². The van der Waals surface area contributed by atoms with E-state index in [2.05, 4.69) is 0 Å². The van der Waals surface area contributed by atoms with Crippen molar-refractivity contribution in [1.29, 1.82) is 0 Å². The summed E-state index contributed by atoms with van der Waals surface area (Å²) in [6.07, 6.45) is 3.73. The van der Waals surface area contributed by atoms with Gasteiger partial charge in [0.2, 0.25) is 0 Å². The number of carboxylic acids is 1. The molecule has 0 aliphatic heterocycles. The predicted octanol–water partition coefficient (Wildman–Crippen LogP) is 2.84. The molecule has 198 valence electrons. The number of carbonyl (C=O) groups excluding carboxylic acids is 3. The highest BCUT2D eigenvalue weighted by atomic mass is 16.5. The van der Waals surface area contributed by atoms with Gasteiger partial charge in [-0.05, 0) is 31.6 Å². The molecule has 0 aromatic rings. The van der Waals surface area contributed by atoms with E-state index < -0.39 is 64.8 Å². The summed E-state index contributed by atoms with van der Waals surface area (Å²) in [5, 5.41) is 39.8. The molecule has 35 heavy (non-hydrogen) atoms. The van der Waals surface area contributed by atoms with Gasteiger partial charge in [-0.3, -0.25) is 14.4 Å². The van der Waals surface area contributed by atoms with Crippen LogP contribution < -0.4 is 0 Å². The Morgan fingerprint density at radius 1 is 1.17 bits per heavy atom. The lowest BCUT2D eigenvalue weighted by Crippen LogP contribution is -2.67. The number of ketones is 2. The number of rotatable bonds is 12. The van der Waals surface area contributed by atoms with Crippen molar-refractivity contribution in [2.24, 2.45) is 35.0 Å². The molecule has 9 nitrogen and oxygen atoms in total. The van der Waals surface area contributed by atoms with Gasteiger partial charge in [0.1, 0.15) is 5.60 Å². The molecule has 0 bridgehead atoms. The van der Waals surface area contributed by atoms with Crippen LogP contribution >= 0.6 is 0 Å². The zero-order chi connectivity index (χ0) is 27.1. The number of aliphatic hydroxyl groups excluding tert-OH is 2. The Morgan fingerprint density at radius 3 is 2.26 bits per heavy atom. The number of aliphatic hydroxyl groups is 3. The average molecular weight is 497 g/mol. The number of ether oxygens (including phenoxy) is 1. The molecule has 0 heterocycles. The van der Waals surface area contributed by atoms with Crippen LogP contribution in [0.5, 0.6) is 0 Å². The van der Waals surface area contributed by atoms with Crippen LogP contribution in [0.15, 0.2) is 24.0 Å². The third kappa shape index (κ3) is 6.58. The molecular formula is C26H40O9. The van der Waals surface area contributed by atoms with Crippen molar-refractivity contribution in [3.8, 4) is 0 Å². The van der Waals surface area contributed by atoms with Gasteiger partial charge in [0.15, 0.2) is 11.6 Å².